The molecule has 2 rings (SSSR count). The van der Waals surface area contributed by atoms with Gasteiger partial charge in [0.2, 0.25) is 10.0 Å². The van der Waals surface area contributed by atoms with E-state index in [0.29, 0.717) is 18.7 Å². The van der Waals surface area contributed by atoms with E-state index in [2.05, 4.69) is 11.8 Å². The van der Waals surface area contributed by atoms with Crippen molar-refractivity contribution < 1.29 is 8.42 Å². The Morgan fingerprint density at radius 2 is 1.95 bits per heavy atom. The lowest BCUT2D eigenvalue weighted by molar-refractivity contribution is 0.188. The molecule has 1 saturated heterocycles. The Labute approximate surface area is 120 Å². The summed E-state index contributed by atoms with van der Waals surface area (Å²) in [5.41, 5.74) is 0.371. The molecule has 0 bridgehead atoms. The Kier molecular flexibility index (Phi) is 4.76. The lowest BCUT2D eigenvalue weighted by Crippen LogP contribution is -2.48. The van der Waals surface area contributed by atoms with E-state index >= 15 is 0 Å². The monoisotopic (exact) mass is 293 g/mol. The van der Waals surface area contributed by atoms with Gasteiger partial charge in [-0.15, -0.1) is 0 Å². The Bertz CT molecular complexity index is 599. The average Bonchev–Trinajstić information content (AvgIpc) is 2.48. The van der Waals surface area contributed by atoms with Gasteiger partial charge in [0.05, 0.1) is 16.5 Å². The maximum Gasteiger partial charge on any atom is 0.243 e. The highest BCUT2D eigenvalue weighted by atomic mass is 32.2. The van der Waals surface area contributed by atoms with Gasteiger partial charge in [-0.25, -0.2) is 8.42 Å². The van der Waals surface area contributed by atoms with Gasteiger partial charge in [-0.2, -0.15) is 9.57 Å². The van der Waals surface area contributed by atoms with Crippen molar-refractivity contribution in [1.82, 2.24) is 9.21 Å². The molecule has 1 aromatic carbocycles. The molecule has 5 nitrogen and oxygen atoms in total. The van der Waals surface area contributed by atoms with Crippen molar-refractivity contribution in [1.29, 1.82) is 5.26 Å². The van der Waals surface area contributed by atoms with Crippen LogP contribution in [0.1, 0.15) is 18.9 Å². The topological polar surface area (TPSA) is 64.4 Å². The summed E-state index contributed by atoms with van der Waals surface area (Å²) in [5, 5.41) is 8.87. The summed E-state index contributed by atoms with van der Waals surface area (Å²) in [5.74, 6) is 0. The van der Waals surface area contributed by atoms with Crippen molar-refractivity contribution >= 4 is 10.0 Å². The summed E-state index contributed by atoms with van der Waals surface area (Å²) < 4.78 is 26.5. The van der Waals surface area contributed by atoms with E-state index in [-0.39, 0.29) is 4.90 Å². The largest absolute Gasteiger partial charge is 0.301 e. The van der Waals surface area contributed by atoms with Crippen LogP contribution in [-0.2, 0) is 10.0 Å². The Hall–Kier alpha value is -1.42. The molecule has 0 atom stereocenters. The number of sulfonamides is 1. The van der Waals surface area contributed by atoms with Crippen molar-refractivity contribution in [2.45, 2.75) is 18.2 Å². The molecule has 0 aromatic heterocycles. The minimum absolute atomic E-state index is 0.209. The first-order valence-corrected chi connectivity index (χ1v) is 8.24. The van der Waals surface area contributed by atoms with Crippen molar-refractivity contribution in [3.05, 3.63) is 29.8 Å². The third-order valence-corrected chi connectivity index (χ3v) is 5.37. The van der Waals surface area contributed by atoms with Crippen molar-refractivity contribution in [3.8, 4) is 6.07 Å². The predicted octanol–water partition coefficient (Wildman–Crippen LogP) is 1.27. The summed E-state index contributed by atoms with van der Waals surface area (Å²) in [7, 11) is -3.48. The molecule has 1 aromatic rings. The zero-order valence-electron chi connectivity index (χ0n) is 11.6. The van der Waals surface area contributed by atoms with Crippen LogP contribution in [-0.4, -0.2) is 50.3 Å². The fraction of sp³-hybridized carbons (Fsp3) is 0.500. The quantitative estimate of drug-likeness (QED) is 0.838. The van der Waals surface area contributed by atoms with Crippen LogP contribution in [0.4, 0.5) is 0 Å². The molecule has 0 N–H and O–H groups in total. The van der Waals surface area contributed by atoms with Gasteiger partial charge < -0.3 is 4.90 Å². The maximum atomic E-state index is 12.5. The molecule has 1 aliphatic rings. The average molecular weight is 293 g/mol. The van der Waals surface area contributed by atoms with Crippen LogP contribution >= 0.6 is 0 Å². The van der Waals surface area contributed by atoms with Gasteiger partial charge in [-0.05, 0) is 31.2 Å². The molecule has 0 saturated carbocycles. The first kappa shape index (κ1) is 15.0. The molecule has 20 heavy (non-hydrogen) atoms. The van der Waals surface area contributed by atoms with Crippen LogP contribution in [0.15, 0.2) is 29.2 Å². The smallest absolute Gasteiger partial charge is 0.243 e. The van der Waals surface area contributed by atoms with Gasteiger partial charge in [0, 0.05) is 26.2 Å². The summed E-state index contributed by atoms with van der Waals surface area (Å²) >= 11 is 0. The normalized spacial score (nSPS) is 17.8. The number of benzene rings is 1. The van der Waals surface area contributed by atoms with E-state index in [9.17, 15) is 8.42 Å². The molecular weight excluding hydrogens is 274 g/mol. The van der Waals surface area contributed by atoms with E-state index in [0.717, 1.165) is 26.1 Å². The first-order valence-electron chi connectivity index (χ1n) is 6.80. The van der Waals surface area contributed by atoms with E-state index in [1.807, 2.05) is 6.07 Å². The highest BCUT2D eigenvalue weighted by Crippen LogP contribution is 2.18. The minimum atomic E-state index is -3.48. The molecule has 108 valence electrons. The van der Waals surface area contributed by atoms with E-state index in [1.54, 1.807) is 18.2 Å². The second-order valence-electron chi connectivity index (χ2n) is 4.89. The third kappa shape index (κ3) is 3.18. The second kappa shape index (κ2) is 6.35. The molecule has 1 heterocycles. The Morgan fingerprint density at radius 3 is 2.55 bits per heavy atom. The van der Waals surface area contributed by atoms with Crippen LogP contribution in [0.2, 0.25) is 0 Å². The minimum Gasteiger partial charge on any atom is -0.301 e. The summed E-state index contributed by atoms with van der Waals surface area (Å²) in [6.07, 6.45) is 1.08. The van der Waals surface area contributed by atoms with Crippen LogP contribution < -0.4 is 0 Å². The van der Waals surface area contributed by atoms with E-state index < -0.39 is 10.0 Å². The number of nitriles is 1. The van der Waals surface area contributed by atoms with Crippen LogP contribution in [0.3, 0.4) is 0 Å². The molecule has 0 unspecified atom stereocenters. The second-order valence-corrected chi connectivity index (χ2v) is 6.82. The van der Waals surface area contributed by atoms with Gasteiger partial charge in [-0.1, -0.05) is 13.0 Å². The van der Waals surface area contributed by atoms with Gasteiger partial charge in [0.1, 0.15) is 0 Å². The standard InChI is InChI=1S/C14H19N3O2S/c1-2-6-16-7-9-17(10-8-16)20(18,19)14-5-3-4-13(11-14)12-15/h3-5,11H,2,6-10H2,1H3. The van der Waals surface area contributed by atoms with Gasteiger partial charge in [0.15, 0.2) is 0 Å². The number of hydrogen-bond acceptors (Lipinski definition) is 4. The zero-order chi connectivity index (χ0) is 14.6. The van der Waals surface area contributed by atoms with Crippen LogP contribution in [0, 0.1) is 11.3 Å². The molecule has 0 aliphatic carbocycles. The Balaban J connectivity index is 2.13. The van der Waals surface area contributed by atoms with Crippen molar-refractivity contribution in [3.63, 3.8) is 0 Å². The van der Waals surface area contributed by atoms with E-state index in [4.69, 9.17) is 5.26 Å². The van der Waals surface area contributed by atoms with E-state index in [1.165, 1.54) is 10.4 Å². The number of hydrogen-bond donors (Lipinski definition) is 0. The molecule has 1 fully saturated rings. The number of rotatable bonds is 4. The molecule has 0 spiro atoms. The molecular formula is C14H19N3O2S. The highest BCUT2D eigenvalue weighted by Gasteiger charge is 2.28. The lowest BCUT2D eigenvalue weighted by Gasteiger charge is -2.33. The molecule has 6 heteroatoms. The summed E-state index contributed by atoms with van der Waals surface area (Å²) in [6.45, 7) is 5.70. The maximum absolute atomic E-state index is 12.5. The predicted molar refractivity (Wildman–Crippen MR) is 76.6 cm³/mol. The molecule has 0 radical (unpaired) electrons. The van der Waals surface area contributed by atoms with Crippen molar-refractivity contribution in [2.24, 2.45) is 0 Å². The first-order chi connectivity index (χ1) is 9.57. The van der Waals surface area contributed by atoms with Crippen LogP contribution in [0.25, 0.3) is 0 Å². The Morgan fingerprint density at radius 1 is 1.25 bits per heavy atom. The lowest BCUT2D eigenvalue weighted by atomic mass is 10.2. The number of piperazine rings is 1. The zero-order valence-corrected chi connectivity index (χ0v) is 12.4. The fourth-order valence-electron chi connectivity index (χ4n) is 2.38. The SMILES string of the molecule is CCCN1CCN(S(=O)(=O)c2cccc(C#N)c2)CC1. The fourth-order valence-corrected chi connectivity index (χ4v) is 3.85. The summed E-state index contributed by atoms with van der Waals surface area (Å²) in [4.78, 5) is 2.48. The van der Waals surface area contributed by atoms with Gasteiger partial charge >= 0.3 is 0 Å². The summed E-state index contributed by atoms with van der Waals surface area (Å²) in [6, 6.07) is 8.18. The van der Waals surface area contributed by atoms with Gasteiger partial charge in [-0.3, -0.25) is 0 Å². The molecule has 1 aliphatic heterocycles. The third-order valence-electron chi connectivity index (χ3n) is 3.47. The van der Waals surface area contributed by atoms with Crippen molar-refractivity contribution in [2.75, 3.05) is 32.7 Å². The van der Waals surface area contributed by atoms with Gasteiger partial charge in [0.25, 0.3) is 0 Å². The number of nitrogens with zero attached hydrogens (tertiary/aromatic N) is 3. The van der Waals surface area contributed by atoms with Crippen LogP contribution in [0.5, 0.6) is 0 Å². The molecule has 0 amide bonds. The highest BCUT2D eigenvalue weighted by molar-refractivity contribution is 7.89.